The minimum Gasteiger partial charge on any atom is -0.481 e. The minimum atomic E-state index is -0.941. The Labute approximate surface area is 133 Å². The number of benzene rings is 1. The summed E-state index contributed by atoms with van der Waals surface area (Å²) in [4.78, 5) is 25.5. The lowest BCUT2D eigenvalue weighted by molar-refractivity contribution is -0.139. The summed E-state index contributed by atoms with van der Waals surface area (Å²) in [5.74, 6) is -1.14. The molecule has 122 valence electrons. The quantitative estimate of drug-likeness (QED) is 0.936. The van der Waals surface area contributed by atoms with Crippen LogP contribution >= 0.6 is 0 Å². The number of fused-ring (bicyclic) bond motifs is 1. The molecule has 1 aromatic carbocycles. The van der Waals surface area contributed by atoms with Crippen LogP contribution in [0.5, 0.6) is 0 Å². The highest BCUT2D eigenvalue weighted by Gasteiger charge is 2.31. The van der Waals surface area contributed by atoms with Crippen LogP contribution in [-0.4, -0.2) is 47.7 Å². The van der Waals surface area contributed by atoms with Gasteiger partial charge in [-0.15, -0.1) is 0 Å². The first-order valence-electron chi connectivity index (χ1n) is 7.70. The predicted molar refractivity (Wildman–Crippen MR) is 83.5 cm³/mol. The molecular formula is C17H19NO5. The molecule has 2 aromatic rings. The van der Waals surface area contributed by atoms with Gasteiger partial charge in [0.2, 0.25) is 0 Å². The van der Waals surface area contributed by atoms with Gasteiger partial charge in [-0.1, -0.05) is 13.0 Å². The van der Waals surface area contributed by atoms with Gasteiger partial charge in [-0.3, -0.25) is 9.59 Å². The Hall–Kier alpha value is -2.34. The number of aliphatic carboxylic acids is 1. The number of carboxylic acid groups (broad SMARTS) is 1. The third-order valence-corrected chi connectivity index (χ3v) is 4.18. The van der Waals surface area contributed by atoms with E-state index < -0.39 is 12.0 Å². The first-order chi connectivity index (χ1) is 11.1. The van der Waals surface area contributed by atoms with E-state index in [2.05, 4.69) is 0 Å². The van der Waals surface area contributed by atoms with E-state index in [9.17, 15) is 9.59 Å². The summed E-state index contributed by atoms with van der Waals surface area (Å²) < 4.78 is 10.8. The fraction of sp³-hybridized carbons (Fsp3) is 0.412. The van der Waals surface area contributed by atoms with Crippen LogP contribution in [0, 0.1) is 0 Å². The number of hydrogen-bond acceptors (Lipinski definition) is 4. The fourth-order valence-electron chi connectivity index (χ4n) is 2.91. The molecule has 0 aliphatic carbocycles. The average Bonchev–Trinajstić information content (AvgIpc) is 2.97. The molecule has 1 N–H and O–H groups in total. The molecule has 0 saturated carbocycles. The highest BCUT2D eigenvalue weighted by Crippen LogP contribution is 2.25. The van der Waals surface area contributed by atoms with Crippen molar-refractivity contribution >= 4 is 22.8 Å². The molecular weight excluding hydrogens is 298 g/mol. The molecule has 1 fully saturated rings. The number of aryl methyl sites for hydroxylation is 1. The van der Waals surface area contributed by atoms with Crippen LogP contribution in [0.2, 0.25) is 0 Å². The van der Waals surface area contributed by atoms with Crippen molar-refractivity contribution in [1.82, 2.24) is 4.90 Å². The second-order valence-electron chi connectivity index (χ2n) is 5.66. The Bertz CT molecular complexity index is 736. The molecule has 1 saturated heterocycles. The molecule has 1 amide bonds. The number of hydrogen-bond donors (Lipinski definition) is 1. The van der Waals surface area contributed by atoms with E-state index in [1.807, 2.05) is 25.1 Å². The van der Waals surface area contributed by atoms with E-state index >= 15 is 0 Å². The van der Waals surface area contributed by atoms with Crippen LogP contribution in [0.3, 0.4) is 0 Å². The van der Waals surface area contributed by atoms with Crippen molar-refractivity contribution in [2.75, 3.05) is 19.8 Å². The summed E-state index contributed by atoms with van der Waals surface area (Å²) in [6.45, 7) is 3.09. The standard InChI is InChI=1S/C17H19NO5/c1-2-11-3-4-15-13(7-11)14(10-23-15)17(21)18-5-6-22-9-12(18)8-16(19)20/h3-4,7,10,12H,2,5-6,8-9H2,1H3,(H,19,20). The maximum atomic E-state index is 12.9. The van der Waals surface area contributed by atoms with Gasteiger partial charge in [-0.05, 0) is 24.1 Å². The zero-order valence-corrected chi connectivity index (χ0v) is 12.9. The third kappa shape index (κ3) is 3.07. The van der Waals surface area contributed by atoms with Crippen LogP contribution in [-0.2, 0) is 16.0 Å². The lowest BCUT2D eigenvalue weighted by atomic mass is 10.1. The topological polar surface area (TPSA) is 80.0 Å². The summed E-state index contributed by atoms with van der Waals surface area (Å²) >= 11 is 0. The Morgan fingerprint density at radius 1 is 1.39 bits per heavy atom. The van der Waals surface area contributed by atoms with E-state index in [-0.39, 0.29) is 18.9 Å². The largest absolute Gasteiger partial charge is 0.481 e. The van der Waals surface area contributed by atoms with Gasteiger partial charge in [0.25, 0.3) is 5.91 Å². The van der Waals surface area contributed by atoms with Crippen LogP contribution in [0.4, 0.5) is 0 Å². The van der Waals surface area contributed by atoms with Gasteiger partial charge < -0.3 is 19.2 Å². The van der Waals surface area contributed by atoms with E-state index in [0.29, 0.717) is 24.3 Å². The summed E-state index contributed by atoms with van der Waals surface area (Å²) in [5, 5.41) is 9.80. The van der Waals surface area contributed by atoms with Gasteiger partial charge in [-0.25, -0.2) is 0 Å². The first-order valence-corrected chi connectivity index (χ1v) is 7.70. The summed E-state index contributed by atoms with van der Waals surface area (Å²) in [7, 11) is 0. The monoisotopic (exact) mass is 317 g/mol. The van der Waals surface area contributed by atoms with Gasteiger partial charge in [0.15, 0.2) is 0 Å². The fourth-order valence-corrected chi connectivity index (χ4v) is 2.91. The Morgan fingerprint density at radius 2 is 2.22 bits per heavy atom. The number of furan rings is 1. The number of nitrogens with zero attached hydrogens (tertiary/aromatic N) is 1. The third-order valence-electron chi connectivity index (χ3n) is 4.18. The highest BCUT2D eigenvalue weighted by atomic mass is 16.5. The van der Waals surface area contributed by atoms with E-state index in [1.54, 1.807) is 4.90 Å². The van der Waals surface area contributed by atoms with Gasteiger partial charge in [0.05, 0.1) is 31.2 Å². The molecule has 1 aliphatic rings. The number of ether oxygens (including phenoxy) is 1. The lowest BCUT2D eigenvalue weighted by Crippen LogP contribution is -2.49. The first kappa shape index (κ1) is 15.6. The molecule has 0 spiro atoms. The second-order valence-corrected chi connectivity index (χ2v) is 5.66. The SMILES string of the molecule is CCc1ccc2occ(C(=O)N3CCOCC3CC(=O)O)c2c1. The van der Waals surface area contributed by atoms with Gasteiger partial charge in [0, 0.05) is 11.9 Å². The normalized spacial score (nSPS) is 18.3. The van der Waals surface area contributed by atoms with Crippen LogP contribution in [0.25, 0.3) is 11.0 Å². The highest BCUT2D eigenvalue weighted by molar-refractivity contribution is 6.06. The average molecular weight is 317 g/mol. The Morgan fingerprint density at radius 3 is 2.96 bits per heavy atom. The summed E-state index contributed by atoms with van der Waals surface area (Å²) in [5.41, 5.74) is 2.26. The number of carboxylic acids is 1. The van der Waals surface area contributed by atoms with Crippen molar-refractivity contribution in [1.29, 1.82) is 0 Å². The molecule has 1 unspecified atom stereocenters. The molecule has 1 atom stereocenters. The second kappa shape index (κ2) is 6.42. The molecule has 2 heterocycles. The number of rotatable bonds is 4. The molecule has 0 bridgehead atoms. The summed E-state index contributed by atoms with van der Waals surface area (Å²) in [6.07, 6.45) is 2.20. The van der Waals surface area contributed by atoms with Crippen molar-refractivity contribution in [3.63, 3.8) is 0 Å². The molecule has 1 aliphatic heterocycles. The van der Waals surface area contributed by atoms with E-state index in [4.69, 9.17) is 14.3 Å². The van der Waals surface area contributed by atoms with Crippen molar-refractivity contribution in [3.8, 4) is 0 Å². The molecule has 0 radical (unpaired) electrons. The Kier molecular flexibility index (Phi) is 4.34. The van der Waals surface area contributed by atoms with Crippen molar-refractivity contribution < 1.29 is 23.8 Å². The van der Waals surface area contributed by atoms with E-state index in [1.165, 1.54) is 6.26 Å². The molecule has 23 heavy (non-hydrogen) atoms. The number of carbonyl (C=O) groups is 2. The molecule has 6 nitrogen and oxygen atoms in total. The van der Waals surface area contributed by atoms with Crippen LogP contribution in [0.1, 0.15) is 29.3 Å². The van der Waals surface area contributed by atoms with Crippen molar-refractivity contribution in [2.24, 2.45) is 0 Å². The Balaban J connectivity index is 1.93. The van der Waals surface area contributed by atoms with Crippen molar-refractivity contribution in [3.05, 3.63) is 35.6 Å². The zero-order valence-electron chi connectivity index (χ0n) is 12.9. The van der Waals surface area contributed by atoms with Crippen molar-refractivity contribution in [2.45, 2.75) is 25.8 Å². The molecule has 6 heteroatoms. The maximum Gasteiger partial charge on any atom is 0.305 e. The number of amides is 1. The lowest BCUT2D eigenvalue weighted by Gasteiger charge is -2.34. The van der Waals surface area contributed by atoms with Crippen LogP contribution in [0.15, 0.2) is 28.9 Å². The molecule has 1 aromatic heterocycles. The van der Waals surface area contributed by atoms with E-state index in [0.717, 1.165) is 17.4 Å². The smallest absolute Gasteiger partial charge is 0.305 e. The van der Waals surface area contributed by atoms with Gasteiger partial charge in [-0.2, -0.15) is 0 Å². The number of carbonyl (C=O) groups excluding carboxylic acids is 1. The molecule has 3 rings (SSSR count). The van der Waals surface area contributed by atoms with Gasteiger partial charge >= 0.3 is 5.97 Å². The minimum absolute atomic E-state index is 0.123. The van der Waals surface area contributed by atoms with Crippen LogP contribution < -0.4 is 0 Å². The zero-order chi connectivity index (χ0) is 16.4. The maximum absolute atomic E-state index is 12.9. The summed E-state index contributed by atoms with van der Waals surface area (Å²) in [6, 6.07) is 5.34. The number of morpholine rings is 1. The van der Waals surface area contributed by atoms with Gasteiger partial charge in [0.1, 0.15) is 11.8 Å². The predicted octanol–water partition coefficient (Wildman–Crippen LogP) is 2.31.